The van der Waals surface area contributed by atoms with E-state index in [1.807, 2.05) is 37.6 Å². The average Bonchev–Trinajstić information content (AvgIpc) is 2.90. The van der Waals surface area contributed by atoms with Gasteiger partial charge in [0.1, 0.15) is 0 Å². The highest BCUT2D eigenvalue weighted by molar-refractivity contribution is 6.42. The molecule has 4 nitrogen and oxygen atoms in total. The van der Waals surface area contributed by atoms with Crippen LogP contribution in [0.1, 0.15) is 5.56 Å². The van der Waals surface area contributed by atoms with E-state index in [0.717, 1.165) is 38.7 Å². The van der Waals surface area contributed by atoms with Gasteiger partial charge in [-0.1, -0.05) is 29.3 Å². The van der Waals surface area contributed by atoms with Crippen molar-refractivity contribution < 1.29 is 0 Å². The smallest absolute Gasteiger partial charge is 0.205 e. The van der Waals surface area contributed by atoms with Gasteiger partial charge >= 0.3 is 0 Å². The fourth-order valence-corrected chi connectivity index (χ4v) is 2.99. The Morgan fingerprint density at radius 1 is 1.10 bits per heavy atom. The number of imidazole rings is 1. The number of benzene rings is 1. The van der Waals surface area contributed by atoms with Crippen LogP contribution >= 0.6 is 23.2 Å². The quantitative estimate of drug-likeness (QED) is 0.867. The largest absolute Gasteiger partial charge is 0.340 e. The monoisotopic (exact) mass is 324 g/mol. The number of rotatable bonds is 3. The van der Waals surface area contributed by atoms with Crippen molar-refractivity contribution in [3.05, 3.63) is 46.2 Å². The molecule has 0 aliphatic carbocycles. The van der Waals surface area contributed by atoms with Crippen LogP contribution in [-0.2, 0) is 13.6 Å². The van der Waals surface area contributed by atoms with E-state index in [4.69, 9.17) is 23.2 Å². The molecule has 1 saturated heterocycles. The van der Waals surface area contributed by atoms with Gasteiger partial charge in [-0.2, -0.15) is 0 Å². The van der Waals surface area contributed by atoms with Crippen LogP contribution in [0.2, 0.25) is 10.0 Å². The topological polar surface area (TPSA) is 24.3 Å². The Balaban J connectivity index is 1.58. The fraction of sp³-hybridized carbons (Fsp3) is 0.400. The van der Waals surface area contributed by atoms with Crippen molar-refractivity contribution in [2.24, 2.45) is 7.05 Å². The second-order valence-corrected chi connectivity index (χ2v) is 6.16. The van der Waals surface area contributed by atoms with Crippen molar-refractivity contribution in [3.8, 4) is 0 Å². The first kappa shape index (κ1) is 14.7. The molecular formula is C15H18Cl2N4. The molecule has 2 heterocycles. The molecule has 0 unspecified atom stereocenters. The normalized spacial score (nSPS) is 16.4. The number of piperazine rings is 1. The van der Waals surface area contributed by atoms with Crippen molar-refractivity contribution >= 4 is 29.2 Å². The molecule has 2 aromatic rings. The second kappa shape index (κ2) is 6.26. The maximum absolute atomic E-state index is 6.07. The first-order valence-electron chi connectivity index (χ1n) is 7.02. The Kier molecular flexibility index (Phi) is 4.38. The van der Waals surface area contributed by atoms with Crippen LogP contribution in [0.5, 0.6) is 0 Å². The van der Waals surface area contributed by atoms with Crippen LogP contribution in [0.25, 0.3) is 0 Å². The second-order valence-electron chi connectivity index (χ2n) is 5.35. The van der Waals surface area contributed by atoms with Gasteiger partial charge < -0.3 is 9.47 Å². The summed E-state index contributed by atoms with van der Waals surface area (Å²) in [7, 11) is 2.03. The molecule has 0 atom stereocenters. The van der Waals surface area contributed by atoms with E-state index in [1.54, 1.807) is 0 Å². The maximum Gasteiger partial charge on any atom is 0.205 e. The van der Waals surface area contributed by atoms with Gasteiger partial charge in [0.05, 0.1) is 10.0 Å². The number of nitrogens with zero attached hydrogens (tertiary/aromatic N) is 4. The van der Waals surface area contributed by atoms with E-state index in [1.165, 1.54) is 5.56 Å². The number of anilines is 1. The summed E-state index contributed by atoms with van der Waals surface area (Å²) >= 11 is 12.0. The van der Waals surface area contributed by atoms with Crippen molar-refractivity contribution in [2.75, 3.05) is 31.1 Å². The molecule has 0 amide bonds. The predicted octanol–water partition coefficient (Wildman–Crippen LogP) is 3.05. The Morgan fingerprint density at radius 2 is 1.86 bits per heavy atom. The summed E-state index contributed by atoms with van der Waals surface area (Å²) < 4.78 is 2.06. The van der Waals surface area contributed by atoms with Crippen molar-refractivity contribution in [1.29, 1.82) is 0 Å². The Morgan fingerprint density at radius 3 is 2.48 bits per heavy atom. The molecule has 6 heteroatoms. The highest BCUT2D eigenvalue weighted by Gasteiger charge is 2.19. The van der Waals surface area contributed by atoms with Gasteiger partial charge in [0.25, 0.3) is 0 Å². The molecule has 112 valence electrons. The fourth-order valence-electron chi connectivity index (χ4n) is 2.66. The number of aryl methyl sites for hydroxylation is 1. The molecule has 3 rings (SSSR count). The molecular weight excluding hydrogens is 307 g/mol. The van der Waals surface area contributed by atoms with Gasteiger partial charge in [-0.05, 0) is 17.7 Å². The molecule has 1 aromatic carbocycles. The molecule has 0 N–H and O–H groups in total. The van der Waals surface area contributed by atoms with E-state index in [-0.39, 0.29) is 0 Å². The molecule has 0 spiro atoms. The van der Waals surface area contributed by atoms with Crippen LogP contribution in [0, 0.1) is 0 Å². The molecule has 0 bridgehead atoms. The third-order valence-corrected chi connectivity index (χ3v) is 4.58. The lowest BCUT2D eigenvalue weighted by Gasteiger charge is -2.35. The maximum atomic E-state index is 6.07. The number of hydrogen-bond donors (Lipinski definition) is 0. The van der Waals surface area contributed by atoms with Gasteiger partial charge in [0, 0.05) is 52.2 Å². The Bertz CT molecular complexity index is 618. The van der Waals surface area contributed by atoms with E-state index in [0.29, 0.717) is 10.0 Å². The Hall–Kier alpha value is -1.23. The highest BCUT2D eigenvalue weighted by Crippen LogP contribution is 2.23. The average molecular weight is 325 g/mol. The third kappa shape index (κ3) is 3.34. The zero-order valence-electron chi connectivity index (χ0n) is 12.0. The van der Waals surface area contributed by atoms with E-state index in [2.05, 4.69) is 19.4 Å². The van der Waals surface area contributed by atoms with Gasteiger partial charge in [0.15, 0.2) is 0 Å². The first-order valence-corrected chi connectivity index (χ1v) is 7.77. The van der Waals surface area contributed by atoms with Crippen LogP contribution in [0.4, 0.5) is 5.95 Å². The van der Waals surface area contributed by atoms with Gasteiger partial charge in [-0.15, -0.1) is 0 Å². The third-order valence-electron chi connectivity index (χ3n) is 3.84. The standard InChI is InChI=1S/C15H18Cl2N4/c1-19-5-4-18-15(19)21-8-6-20(7-9-21)11-12-2-3-13(16)14(17)10-12/h2-5,10H,6-9,11H2,1H3. The summed E-state index contributed by atoms with van der Waals surface area (Å²) in [5, 5.41) is 1.24. The lowest BCUT2D eigenvalue weighted by Crippen LogP contribution is -2.46. The van der Waals surface area contributed by atoms with Crippen LogP contribution in [-0.4, -0.2) is 40.6 Å². The van der Waals surface area contributed by atoms with E-state index in [9.17, 15) is 0 Å². The summed E-state index contributed by atoms with van der Waals surface area (Å²) in [6, 6.07) is 5.86. The SMILES string of the molecule is Cn1ccnc1N1CCN(Cc2ccc(Cl)c(Cl)c2)CC1. The zero-order chi connectivity index (χ0) is 14.8. The minimum atomic E-state index is 0.611. The number of hydrogen-bond acceptors (Lipinski definition) is 3. The van der Waals surface area contributed by atoms with E-state index >= 15 is 0 Å². The summed E-state index contributed by atoms with van der Waals surface area (Å²) in [6.07, 6.45) is 3.83. The molecule has 0 saturated carbocycles. The summed E-state index contributed by atoms with van der Waals surface area (Å²) in [6.45, 7) is 4.93. The van der Waals surface area contributed by atoms with Crippen molar-refractivity contribution in [1.82, 2.24) is 14.5 Å². The number of aromatic nitrogens is 2. The summed E-state index contributed by atoms with van der Waals surface area (Å²) in [4.78, 5) is 9.16. The Labute approximate surface area is 134 Å². The van der Waals surface area contributed by atoms with Gasteiger partial charge in [-0.3, -0.25) is 4.90 Å². The lowest BCUT2D eigenvalue weighted by atomic mass is 10.2. The van der Waals surface area contributed by atoms with Gasteiger partial charge in [0.2, 0.25) is 5.95 Å². The lowest BCUT2D eigenvalue weighted by molar-refractivity contribution is 0.248. The van der Waals surface area contributed by atoms with Gasteiger partial charge in [-0.25, -0.2) is 4.98 Å². The first-order chi connectivity index (χ1) is 10.1. The van der Waals surface area contributed by atoms with Crippen molar-refractivity contribution in [3.63, 3.8) is 0 Å². The molecule has 1 aliphatic heterocycles. The molecule has 21 heavy (non-hydrogen) atoms. The molecule has 1 aromatic heterocycles. The van der Waals surface area contributed by atoms with E-state index < -0.39 is 0 Å². The minimum Gasteiger partial charge on any atom is -0.340 e. The van der Waals surface area contributed by atoms with Crippen LogP contribution in [0.15, 0.2) is 30.6 Å². The summed E-state index contributed by atoms with van der Waals surface area (Å²) in [5.41, 5.74) is 1.20. The number of halogens is 2. The molecule has 1 fully saturated rings. The van der Waals surface area contributed by atoms with Crippen LogP contribution < -0.4 is 4.90 Å². The van der Waals surface area contributed by atoms with Crippen LogP contribution in [0.3, 0.4) is 0 Å². The van der Waals surface area contributed by atoms with Crippen molar-refractivity contribution in [2.45, 2.75) is 6.54 Å². The summed E-state index contributed by atoms with van der Waals surface area (Å²) in [5.74, 6) is 1.05. The minimum absolute atomic E-state index is 0.611. The molecule has 0 radical (unpaired) electrons. The molecule has 1 aliphatic rings. The zero-order valence-corrected chi connectivity index (χ0v) is 13.5. The predicted molar refractivity (Wildman–Crippen MR) is 87.2 cm³/mol. The highest BCUT2D eigenvalue weighted by atomic mass is 35.5.